The normalized spacial score (nSPS) is 10.9. The maximum absolute atomic E-state index is 13.3. The highest BCUT2D eigenvalue weighted by atomic mass is 35.5. The zero-order chi connectivity index (χ0) is 10.0. The molecular formula is C11H14ClF. The van der Waals surface area contributed by atoms with Crippen molar-refractivity contribution in [2.24, 2.45) is 0 Å². The number of rotatable bonds is 2. The lowest BCUT2D eigenvalue weighted by Crippen LogP contribution is -1.96. The van der Waals surface area contributed by atoms with Crippen molar-refractivity contribution in [2.75, 3.05) is 0 Å². The average molecular weight is 201 g/mol. The number of halogens is 2. The van der Waals surface area contributed by atoms with Gasteiger partial charge in [0.05, 0.1) is 0 Å². The lowest BCUT2D eigenvalue weighted by molar-refractivity contribution is 0.597. The summed E-state index contributed by atoms with van der Waals surface area (Å²) >= 11 is 5.87. The van der Waals surface area contributed by atoms with Crippen molar-refractivity contribution < 1.29 is 4.39 Å². The topological polar surface area (TPSA) is 0 Å². The van der Waals surface area contributed by atoms with E-state index in [0.29, 0.717) is 5.02 Å². The largest absolute Gasteiger partial charge is 0.207 e. The van der Waals surface area contributed by atoms with Crippen molar-refractivity contribution in [1.82, 2.24) is 0 Å². The molecule has 1 aromatic carbocycles. The first kappa shape index (κ1) is 10.5. The third-order valence-electron chi connectivity index (χ3n) is 2.17. The predicted octanol–water partition coefficient (Wildman–Crippen LogP) is 4.16. The Labute approximate surface area is 83.7 Å². The van der Waals surface area contributed by atoms with Crippen LogP contribution in [0.2, 0.25) is 5.02 Å². The first-order valence-corrected chi connectivity index (χ1v) is 4.91. The molecule has 13 heavy (non-hydrogen) atoms. The van der Waals surface area contributed by atoms with Gasteiger partial charge < -0.3 is 0 Å². The summed E-state index contributed by atoms with van der Waals surface area (Å²) in [5, 5.41) is 0.532. The van der Waals surface area contributed by atoms with Crippen LogP contribution < -0.4 is 0 Å². The van der Waals surface area contributed by atoms with E-state index in [0.717, 1.165) is 17.5 Å². The summed E-state index contributed by atoms with van der Waals surface area (Å²) in [6.07, 6.45) is 0.846. The first-order valence-electron chi connectivity index (χ1n) is 4.54. The Morgan fingerprint density at radius 2 is 2.00 bits per heavy atom. The maximum Gasteiger partial charge on any atom is 0.128 e. The number of aryl methyl sites for hydroxylation is 1. The number of hydrogen-bond acceptors (Lipinski definition) is 0. The molecule has 1 rings (SSSR count). The van der Waals surface area contributed by atoms with Crippen molar-refractivity contribution in [3.8, 4) is 0 Å². The van der Waals surface area contributed by atoms with E-state index in [2.05, 4.69) is 0 Å². The zero-order valence-corrected chi connectivity index (χ0v) is 8.95. The van der Waals surface area contributed by atoms with Crippen LogP contribution in [-0.4, -0.2) is 0 Å². The SMILES string of the molecule is CCc1cc(C(C)C)c(F)cc1Cl. The molecule has 0 saturated carbocycles. The van der Waals surface area contributed by atoms with Gasteiger partial charge in [0.25, 0.3) is 0 Å². The van der Waals surface area contributed by atoms with E-state index in [1.165, 1.54) is 6.07 Å². The van der Waals surface area contributed by atoms with Gasteiger partial charge in [0.2, 0.25) is 0 Å². The molecule has 0 radical (unpaired) electrons. The smallest absolute Gasteiger partial charge is 0.128 e. The molecule has 2 heteroatoms. The van der Waals surface area contributed by atoms with E-state index in [9.17, 15) is 4.39 Å². The Hall–Kier alpha value is -0.560. The minimum Gasteiger partial charge on any atom is -0.207 e. The molecule has 0 bridgehead atoms. The quantitative estimate of drug-likeness (QED) is 0.673. The fourth-order valence-electron chi connectivity index (χ4n) is 1.33. The molecule has 0 aliphatic rings. The molecule has 0 fully saturated rings. The van der Waals surface area contributed by atoms with Gasteiger partial charge in [-0.15, -0.1) is 0 Å². The monoisotopic (exact) mass is 200 g/mol. The summed E-state index contributed by atoms with van der Waals surface area (Å²) < 4.78 is 13.3. The van der Waals surface area contributed by atoms with Crippen LogP contribution in [0, 0.1) is 5.82 Å². The Balaban J connectivity index is 3.22. The Bertz CT molecular complexity index is 305. The van der Waals surface area contributed by atoms with Crippen LogP contribution in [0.15, 0.2) is 12.1 Å². The Morgan fingerprint density at radius 1 is 1.38 bits per heavy atom. The lowest BCUT2D eigenvalue weighted by Gasteiger charge is -2.10. The molecule has 0 amide bonds. The molecule has 1 aromatic rings. The first-order chi connectivity index (χ1) is 6.06. The van der Waals surface area contributed by atoms with Crippen LogP contribution in [0.5, 0.6) is 0 Å². The third kappa shape index (κ3) is 2.22. The minimum absolute atomic E-state index is 0.197. The van der Waals surface area contributed by atoms with Gasteiger partial charge in [0, 0.05) is 5.02 Å². The molecule has 0 heterocycles. The highest BCUT2D eigenvalue weighted by Crippen LogP contribution is 2.25. The summed E-state index contributed by atoms with van der Waals surface area (Å²) in [4.78, 5) is 0. The van der Waals surface area contributed by atoms with Crippen molar-refractivity contribution in [3.05, 3.63) is 34.1 Å². The van der Waals surface area contributed by atoms with E-state index >= 15 is 0 Å². The minimum atomic E-state index is -0.197. The van der Waals surface area contributed by atoms with Gasteiger partial charge in [-0.05, 0) is 29.5 Å². The van der Waals surface area contributed by atoms with Gasteiger partial charge in [-0.25, -0.2) is 4.39 Å². The molecule has 0 nitrogen and oxygen atoms in total. The lowest BCUT2D eigenvalue weighted by atomic mass is 9.99. The molecule has 0 spiro atoms. The number of hydrogen-bond donors (Lipinski definition) is 0. The molecule has 0 unspecified atom stereocenters. The summed E-state index contributed by atoms with van der Waals surface area (Å²) in [5.41, 5.74) is 1.77. The maximum atomic E-state index is 13.3. The van der Waals surface area contributed by atoms with Gasteiger partial charge in [0.1, 0.15) is 5.82 Å². The zero-order valence-electron chi connectivity index (χ0n) is 8.20. The van der Waals surface area contributed by atoms with Crippen LogP contribution in [0.1, 0.15) is 37.8 Å². The molecule has 0 atom stereocenters. The van der Waals surface area contributed by atoms with Crippen molar-refractivity contribution in [2.45, 2.75) is 33.1 Å². The molecule has 0 aliphatic heterocycles. The summed E-state index contributed by atoms with van der Waals surface area (Å²) in [6.45, 7) is 5.97. The fraction of sp³-hybridized carbons (Fsp3) is 0.455. The van der Waals surface area contributed by atoms with Gasteiger partial charge >= 0.3 is 0 Å². The Morgan fingerprint density at radius 3 is 2.46 bits per heavy atom. The predicted molar refractivity (Wildman–Crippen MR) is 54.9 cm³/mol. The van der Waals surface area contributed by atoms with Gasteiger partial charge in [-0.1, -0.05) is 38.4 Å². The van der Waals surface area contributed by atoms with Crippen LogP contribution in [0.3, 0.4) is 0 Å². The molecule has 0 aliphatic carbocycles. The van der Waals surface area contributed by atoms with E-state index < -0.39 is 0 Å². The van der Waals surface area contributed by atoms with Crippen LogP contribution >= 0.6 is 11.6 Å². The Kier molecular flexibility index (Phi) is 3.32. The van der Waals surface area contributed by atoms with E-state index in [4.69, 9.17) is 11.6 Å². The van der Waals surface area contributed by atoms with E-state index in [-0.39, 0.29) is 11.7 Å². The van der Waals surface area contributed by atoms with E-state index in [1.807, 2.05) is 26.8 Å². The second-order valence-corrected chi connectivity index (χ2v) is 3.88. The van der Waals surface area contributed by atoms with Crippen LogP contribution in [0.25, 0.3) is 0 Å². The second kappa shape index (κ2) is 4.10. The van der Waals surface area contributed by atoms with E-state index in [1.54, 1.807) is 0 Å². The standard InChI is InChI=1S/C11H14ClF/c1-4-8-5-9(7(2)3)11(13)6-10(8)12/h5-7H,4H2,1-3H3. The highest BCUT2D eigenvalue weighted by Gasteiger charge is 2.09. The van der Waals surface area contributed by atoms with Gasteiger partial charge in [-0.3, -0.25) is 0 Å². The third-order valence-corrected chi connectivity index (χ3v) is 2.52. The fourth-order valence-corrected chi connectivity index (χ4v) is 1.61. The average Bonchev–Trinajstić information content (AvgIpc) is 2.03. The molecule has 0 N–H and O–H groups in total. The highest BCUT2D eigenvalue weighted by molar-refractivity contribution is 6.31. The summed E-state index contributed by atoms with van der Waals surface area (Å²) in [6, 6.07) is 3.28. The van der Waals surface area contributed by atoms with Crippen LogP contribution in [0.4, 0.5) is 4.39 Å². The summed E-state index contributed by atoms with van der Waals surface area (Å²) in [7, 11) is 0. The van der Waals surface area contributed by atoms with Gasteiger partial charge in [-0.2, -0.15) is 0 Å². The van der Waals surface area contributed by atoms with Crippen molar-refractivity contribution in [3.63, 3.8) is 0 Å². The molecular weight excluding hydrogens is 187 g/mol. The molecule has 72 valence electrons. The molecule has 0 aromatic heterocycles. The van der Waals surface area contributed by atoms with Crippen molar-refractivity contribution >= 4 is 11.6 Å². The second-order valence-electron chi connectivity index (χ2n) is 3.47. The summed E-state index contributed by atoms with van der Waals surface area (Å²) in [5.74, 6) is 0.0137. The van der Waals surface area contributed by atoms with Crippen LogP contribution in [-0.2, 0) is 6.42 Å². The van der Waals surface area contributed by atoms with Gasteiger partial charge in [0.15, 0.2) is 0 Å². The van der Waals surface area contributed by atoms with Crippen molar-refractivity contribution in [1.29, 1.82) is 0 Å². The molecule has 0 saturated heterocycles. The number of benzene rings is 1.